The van der Waals surface area contributed by atoms with Crippen molar-refractivity contribution in [3.8, 4) is 0 Å². The summed E-state index contributed by atoms with van der Waals surface area (Å²) in [5.74, 6) is 0.960. The van der Waals surface area contributed by atoms with Crippen LogP contribution >= 0.6 is 11.3 Å². The van der Waals surface area contributed by atoms with Gasteiger partial charge in [-0.05, 0) is 45.1 Å². The highest BCUT2D eigenvalue weighted by atomic mass is 32.1. The molecule has 4 heteroatoms. The smallest absolute Gasteiger partial charge is 0.185 e. The van der Waals surface area contributed by atoms with Crippen LogP contribution in [0.15, 0.2) is 0 Å². The molecule has 0 spiro atoms. The lowest BCUT2D eigenvalue weighted by molar-refractivity contribution is 0.313. The standard InChI is InChI=1S/C17H31N3S/c1-5-7-15-16(12-18-3)21-17(19-15)20(4)14-10-8-13(6-2)9-11-14/h13-14,18H,5-12H2,1-4H3. The van der Waals surface area contributed by atoms with Gasteiger partial charge in [0.1, 0.15) is 0 Å². The molecule has 1 heterocycles. The second-order valence-corrected chi connectivity index (χ2v) is 7.40. The zero-order valence-electron chi connectivity index (χ0n) is 14.1. The summed E-state index contributed by atoms with van der Waals surface area (Å²) in [4.78, 5) is 8.81. The molecule has 3 nitrogen and oxygen atoms in total. The minimum Gasteiger partial charge on any atom is -0.348 e. The molecule has 0 radical (unpaired) electrons. The van der Waals surface area contributed by atoms with Gasteiger partial charge in [0, 0.05) is 24.5 Å². The van der Waals surface area contributed by atoms with Crippen LogP contribution in [0.3, 0.4) is 0 Å². The number of hydrogen-bond donors (Lipinski definition) is 1. The molecule has 1 N–H and O–H groups in total. The Balaban J connectivity index is 2.04. The lowest BCUT2D eigenvalue weighted by Gasteiger charge is -2.34. The maximum atomic E-state index is 4.94. The van der Waals surface area contributed by atoms with Crippen molar-refractivity contribution in [2.24, 2.45) is 5.92 Å². The Morgan fingerprint density at radius 3 is 2.52 bits per heavy atom. The third-order valence-electron chi connectivity index (χ3n) is 4.83. The first-order valence-corrected chi connectivity index (χ1v) is 9.37. The van der Waals surface area contributed by atoms with Gasteiger partial charge < -0.3 is 10.2 Å². The zero-order valence-corrected chi connectivity index (χ0v) is 14.9. The lowest BCUT2D eigenvalue weighted by Crippen LogP contribution is -2.35. The van der Waals surface area contributed by atoms with Gasteiger partial charge in [-0.25, -0.2) is 4.98 Å². The SMILES string of the molecule is CCCc1nc(N(C)C2CCC(CC)CC2)sc1CNC. The van der Waals surface area contributed by atoms with Crippen molar-refractivity contribution in [2.45, 2.75) is 71.4 Å². The number of rotatable bonds is 7. The van der Waals surface area contributed by atoms with E-state index in [0.29, 0.717) is 6.04 Å². The molecule has 0 atom stereocenters. The normalized spacial score (nSPS) is 22.5. The van der Waals surface area contributed by atoms with Crippen molar-refractivity contribution in [3.63, 3.8) is 0 Å². The van der Waals surface area contributed by atoms with Crippen molar-refractivity contribution in [3.05, 3.63) is 10.6 Å². The first kappa shape index (κ1) is 16.8. The molecule has 1 aliphatic rings. The Kier molecular flexibility index (Phi) is 6.49. The molecule has 1 fully saturated rings. The predicted molar refractivity (Wildman–Crippen MR) is 93.3 cm³/mol. The second-order valence-electron chi connectivity index (χ2n) is 6.34. The molecule has 1 saturated carbocycles. The summed E-state index contributed by atoms with van der Waals surface area (Å²) in [5, 5.41) is 4.51. The molecule has 21 heavy (non-hydrogen) atoms. The molecular weight excluding hydrogens is 278 g/mol. The topological polar surface area (TPSA) is 28.2 Å². The number of anilines is 1. The fourth-order valence-electron chi connectivity index (χ4n) is 3.35. The number of thiazole rings is 1. The Morgan fingerprint density at radius 2 is 1.95 bits per heavy atom. The predicted octanol–water partition coefficient (Wildman–Crippen LogP) is 4.22. The number of nitrogens with zero attached hydrogens (tertiary/aromatic N) is 2. The number of aryl methyl sites for hydroxylation is 1. The fourth-order valence-corrected chi connectivity index (χ4v) is 4.50. The van der Waals surface area contributed by atoms with Gasteiger partial charge >= 0.3 is 0 Å². The minimum absolute atomic E-state index is 0.691. The van der Waals surface area contributed by atoms with Gasteiger partial charge in [0.15, 0.2) is 5.13 Å². The van der Waals surface area contributed by atoms with Crippen molar-refractivity contribution in [1.82, 2.24) is 10.3 Å². The molecule has 1 aliphatic carbocycles. The van der Waals surface area contributed by atoms with Crippen molar-refractivity contribution >= 4 is 16.5 Å². The average molecular weight is 310 g/mol. The molecule has 120 valence electrons. The van der Waals surface area contributed by atoms with Crippen LogP contribution in [0.2, 0.25) is 0 Å². The van der Waals surface area contributed by atoms with E-state index in [2.05, 4.69) is 31.1 Å². The van der Waals surface area contributed by atoms with Crippen molar-refractivity contribution in [1.29, 1.82) is 0 Å². The molecule has 0 amide bonds. The van der Waals surface area contributed by atoms with Crippen LogP contribution in [0.4, 0.5) is 5.13 Å². The number of nitrogens with one attached hydrogen (secondary N) is 1. The van der Waals surface area contributed by atoms with E-state index in [4.69, 9.17) is 4.98 Å². The first-order chi connectivity index (χ1) is 10.2. The summed E-state index contributed by atoms with van der Waals surface area (Å²) in [6.07, 6.45) is 9.07. The maximum Gasteiger partial charge on any atom is 0.185 e. The molecule has 2 rings (SSSR count). The summed E-state index contributed by atoms with van der Waals surface area (Å²) in [5.41, 5.74) is 1.31. The van der Waals surface area contributed by atoms with E-state index < -0.39 is 0 Å². The molecule has 0 aromatic carbocycles. The summed E-state index contributed by atoms with van der Waals surface area (Å²) >= 11 is 1.88. The largest absolute Gasteiger partial charge is 0.348 e. The van der Waals surface area contributed by atoms with E-state index in [0.717, 1.165) is 18.9 Å². The van der Waals surface area contributed by atoms with Gasteiger partial charge in [-0.1, -0.05) is 26.7 Å². The zero-order chi connectivity index (χ0) is 15.2. The van der Waals surface area contributed by atoms with Gasteiger partial charge in [-0.3, -0.25) is 0 Å². The van der Waals surface area contributed by atoms with E-state index in [9.17, 15) is 0 Å². The Hall–Kier alpha value is -0.610. The van der Waals surface area contributed by atoms with E-state index in [1.165, 1.54) is 54.2 Å². The summed E-state index contributed by atoms with van der Waals surface area (Å²) in [7, 11) is 4.26. The van der Waals surface area contributed by atoms with E-state index >= 15 is 0 Å². The van der Waals surface area contributed by atoms with Gasteiger partial charge in [-0.2, -0.15) is 0 Å². The highest BCUT2D eigenvalue weighted by molar-refractivity contribution is 7.15. The highest BCUT2D eigenvalue weighted by Gasteiger charge is 2.25. The van der Waals surface area contributed by atoms with Crippen LogP contribution in [-0.4, -0.2) is 25.1 Å². The molecule has 0 unspecified atom stereocenters. The Morgan fingerprint density at radius 1 is 1.24 bits per heavy atom. The highest BCUT2D eigenvalue weighted by Crippen LogP contribution is 2.34. The van der Waals surface area contributed by atoms with Gasteiger partial charge in [0.25, 0.3) is 0 Å². The third kappa shape index (κ3) is 4.19. The van der Waals surface area contributed by atoms with E-state index in [1.54, 1.807) is 0 Å². The minimum atomic E-state index is 0.691. The van der Waals surface area contributed by atoms with Crippen LogP contribution in [0.25, 0.3) is 0 Å². The lowest BCUT2D eigenvalue weighted by atomic mass is 9.84. The molecule has 0 bridgehead atoms. The summed E-state index contributed by atoms with van der Waals surface area (Å²) in [6.45, 7) is 5.51. The Labute approximate surface area is 134 Å². The van der Waals surface area contributed by atoms with Gasteiger partial charge in [-0.15, -0.1) is 11.3 Å². The van der Waals surface area contributed by atoms with Crippen LogP contribution in [0.5, 0.6) is 0 Å². The van der Waals surface area contributed by atoms with Crippen molar-refractivity contribution < 1.29 is 0 Å². The van der Waals surface area contributed by atoms with Crippen LogP contribution < -0.4 is 10.2 Å². The summed E-state index contributed by atoms with van der Waals surface area (Å²) < 4.78 is 0. The van der Waals surface area contributed by atoms with E-state index in [1.807, 2.05) is 18.4 Å². The monoisotopic (exact) mass is 309 g/mol. The van der Waals surface area contributed by atoms with Crippen LogP contribution in [0.1, 0.15) is 62.9 Å². The van der Waals surface area contributed by atoms with Gasteiger partial charge in [0.2, 0.25) is 0 Å². The molecule has 1 aromatic heterocycles. The van der Waals surface area contributed by atoms with E-state index in [-0.39, 0.29) is 0 Å². The van der Waals surface area contributed by atoms with Crippen LogP contribution in [-0.2, 0) is 13.0 Å². The number of aromatic nitrogens is 1. The third-order valence-corrected chi connectivity index (χ3v) is 6.02. The van der Waals surface area contributed by atoms with Crippen molar-refractivity contribution in [2.75, 3.05) is 19.0 Å². The van der Waals surface area contributed by atoms with Gasteiger partial charge in [0.05, 0.1) is 5.69 Å². The maximum absolute atomic E-state index is 4.94. The quantitative estimate of drug-likeness (QED) is 0.817. The molecule has 0 aliphatic heterocycles. The first-order valence-electron chi connectivity index (χ1n) is 8.55. The summed E-state index contributed by atoms with van der Waals surface area (Å²) in [6, 6.07) is 0.691. The fraction of sp³-hybridized carbons (Fsp3) is 0.824. The second kappa shape index (κ2) is 8.14. The van der Waals surface area contributed by atoms with Crippen LogP contribution in [0, 0.1) is 5.92 Å². The molecular formula is C17H31N3S. The average Bonchev–Trinajstić information content (AvgIpc) is 2.90. The number of hydrogen-bond acceptors (Lipinski definition) is 4. The molecule has 1 aromatic rings. The molecule has 0 saturated heterocycles. The Bertz CT molecular complexity index is 398.